The summed E-state index contributed by atoms with van der Waals surface area (Å²) in [6, 6.07) is 0. The highest BCUT2D eigenvalue weighted by molar-refractivity contribution is 4.35. The number of hydrogen-bond donors (Lipinski definition) is 0. The molecule has 0 rings (SSSR count). The van der Waals surface area contributed by atoms with Crippen LogP contribution in [0.25, 0.3) is 0 Å². The molecule has 0 fully saturated rings. The van der Waals surface area contributed by atoms with E-state index < -0.39 is 6.61 Å². The monoisotopic (exact) mass is 109 g/mol. The van der Waals surface area contributed by atoms with Crippen LogP contribution in [0.4, 0.5) is 8.78 Å². The van der Waals surface area contributed by atoms with Gasteiger partial charge in [-0.1, -0.05) is 6.92 Å². The van der Waals surface area contributed by atoms with Crippen molar-refractivity contribution in [1.82, 2.24) is 0 Å². The van der Waals surface area contributed by atoms with Gasteiger partial charge in [0, 0.05) is 0 Å². The molecule has 0 amide bonds. The lowest BCUT2D eigenvalue weighted by Crippen LogP contribution is -1.90. The largest absolute Gasteiger partial charge is 0.448 e. The maximum absolute atomic E-state index is 10.9. The minimum Gasteiger partial charge on any atom is -0.313 e. The molecular weight excluding hydrogens is 102 g/mol. The standard InChI is InChI=1S/C4H7F2O/c1-2-3-7-4(5)6/h2-3H2,1H3. The van der Waals surface area contributed by atoms with Gasteiger partial charge in [-0.15, -0.1) is 0 Å². The molecule has 7 heavy (non-hydrogen) atoms. The molecule has 0 saturated heterocycles. The van der Waals surface area contributed by atoms with Crippen LogP contribution in [0.3, 0.4) is 0 Å². The van der Waals surface area contributed by atoms with E-state index in [1.165, 1.54) is 0 Å². The molecule has 1 nitrogen and oxygen atoms in total. The van der Waals surface area contributed by atoms with Crippen molar-refractivity contribution in [3.8, 4) is 0 Å². The average molecular weight is 109 g/mol. The first-order valence-electron chi connectivity index (χ1n) is 2.08. The van der Waals surface area contributed by atoms with E-state index in [2.05, 4.69) is 4.74 Å². The lowest BCUT2D eigenvalue weighted by atomic mass is 10.5. The third-order valence-corrected chi connectivity index (χ3v) is 0.415. The van der Waals surface area contributed by atoms with Crippen molar-refractivity contribution in [2.75, 3.05) is 6.61 Å². The van der Waals surface area contributed by atoms with Crippen LogP contribution < -0.4 is 0 Å². The van der Waals surface area contributed by atoms with Gasteiger partial charge >= 0.3 is 6.61 Å². The van der Waals surface area contributed by atoms with Crippen LogP contribution in [0.5, 0.6) is 0 Å². The highest BCUT2D eigenvalue weighted by Crippen LogP contribution is 2.03. The Kier molecular flexibility index (Phi) is 3.89. The predicted octanol–water partition coefficient (Wildman–Crippen LogP) is 1.80. The second-order valence-corrected chi connectivity index (χ2v) is 1.07. The summed E-state index contributed by atoms with van der Waals surface area (Å²) in [6.45, 7) is -0.0625. The highest BCUT2D eigenvalue weighted by atomic mass is 19.3. The molecule has 0 spiro atoms. The van der Waals surface area contributed by atoms with E-state index in [0.717, 1.165) is 0 Å². The van der Waals surface area contributed by atoms with E-state index >= 15 is 0 Å². The number of rotatable bonds is 3. The van der Waals surface area contributed by atoms with E-state index in [4.69, 9.17) is 0 Å². The average Bonchev–Trinajstić information content (AvgIpc) is 1.61. The van der Waals surface area contributed by atoms with Crippen molar-refractivity contribution in [3.63, 3.8) is 0 Å². The molecule has 0 bridgehead atoms. The Morgan fingerprint density at radius 2 is 2.14 bits per heavy atom. The molecule has 0 unspecified atom stereocenters. The molecule has 0 aliphatic carbocycles. The van der Waals surface area contributed by atoms with Crippen molar-refractivity contribution < 1.29 is 13.5 Å². The molecule has 0 saturated carbocycles. The quantitative estimate of drug-likeness (QED) is 0.537. The van der Waals surface area contributed by atoms with Gasteiger partial charge in [-0.05, 0) is 6.42 Å². The Balaban J connectivity index is 2.68. The van der Waals surface area contributed by atoms with Gasteiger partial charge < -0.3 is 4.74 Å². The van der Waals surface area contributed by atoms with Gasteiger partial charge in [0.1, 0.15) is 0 Å². The van der Waals surface area contributed by atoms with Crippen molar-refractivity contribution in [2.45, 2.75) is 13.3 Å². The normalized spacial score (nSPS) is 10.3. The van der Waals surface area contributed by atoms with Gasteiger partial charge in [0.25, 0.3) is 0 Å². The molecule has 0 aromatic carbocycles. The summed E-state index contributed by atoms with van der Waals surface area (Å²) in [5.41, 5.74) is 0. The summed E-state index contributed by atoms with van der Waals surface area (Å²) in [6.07, 6.45) is 0.622. The number of halogens is 2. The molecule has 0 aliphatic rings. The maximum atomic E-state index is 10.9. The summed E-state index contributed by atoms with van der Waals surface area (Å²) < 4.78 is 25.6. The van der Waals surface area contributed by atoms with Crippen LogP contribution in [0.1, 0.15) is 13.3 Å². The Labute approximate surface area is 41.3 Å². The Morgan fingerprint density at radius 3 is 2.29 bits per heavy atom. The first-order chi connectivity index (χ1) is 3.27. The van der Waals surface area contributed by atoms with Crippen molar-refractivity contribution in [2.24, 2.45) is 0 Å². The Hall–Kier alpha value is -0.180. The van der Waals surface area contributed by atoms with Gasteiger partial charge in [-0.3, -0.25) is 0 Å². The second kappa shape index (κ2) is 3.99. The van der Waals surface area contributed by atoms with E-state index in [-0.39, 0.29) is 6.61 Å². The third kappa shape index (κ3) is 5.82. The fourth-order valence-electron chi connectivity index (χ4n) is 0.179. The SMILES string of the molecule is CCCO[C](F)F. The van der Waals surface area contributed by atoms with Crippen LogP contribution >= 0.6 is 0 Å². The van der Waals surface area contributed by atoms with Gasteiger partial charge in [0.05, 0.1) is 6.61 Å². The molecule has 0 aliphatic heterocycles. The summed E-state index contributed by atoms with van der Waals surface area (Å²) in [4.78, 5) is 0. The third-order valence-electron chi connectivity index (χ3n) is 0.415. The highest BCUT2D eigenvalue weighted by Gasteiger charge is 2.01. The van der Waals surface area contributed by atoms with Crippen LogP contribution in [0.2, 0.25) is 0 Å². The lowest BCUT2D eigenvalue weighted by molar-refractivity contribution is -0.0189. The minimum absolute atomic E-state index is 0.113. The van der Waals surface area contributed by atoms with E-state index in [0.29, 0.717) is 6.42 Å². The van der Waals surface area contributed by atoms with Gasteiger partial charge in [-0.25, -0.2) is 0 Å². The molecule has 0 heterocycles. The zero-order valence-corrected chi connectivity index (χ0v) is 4.08. The lowest BCUT2D eigenvalue weighted by Gasteiger charge is -1.93. The topological polar surface area (TPSA) is 9.23 Å². The minimum atomic E-state index is -1.94. The summed E-state index contributed by atoms with van der Waals surface area (Å²) in [7, 11) is 0. The molecule has 0 N–H and O–H groups in total. The van der Waals surface area contributed by atoms with Crippen LogP contribution in [-0.2, 0) is 4.74 Å². The molecule has 1 radical (unpaired) electrons. The van der Waals surface area contributed by atoms with E-state index in [1.54, 1.807) is 6.92 Å². The summed E-state index contributed by atoms with van der Waals surface area (Å²) >= 11 is 0. The Bertz CT molecular complexity index is 38.7. The molecule has 0 atom stereocenters. The number of ether oxygens (including phenoxy) is 1. The summed E-state index contributed by atoms with van der Waals surface area (Å²) in [5, 5.41) is 0. The first kappa shape index (κ1) is 6.82. The fraction of sp³-hybridized carbons (Fsp3) is 0.750. The predicted molar refractivity (Wildman–Crippen MR) is 21.7 cm³/mol. The van der Waals surface area contributed by atoms with Crippen LogP contribution in [-0.4, -0.2) is 6.61 Å². The second-order valence-electron chi connectivity index (χ2n) is 1.07. The van der Waals surface area contributed by atoms with Crippen molar-refractivity contribution in [1.29, 1.82) is 0 Å². The molecular formula is C4H7F2O. The van der Waals surface area contributed by atoms with E-state index in [1.807, 2.05) is 0 Å². The molecule has 3 heteroatoms. The number of hydrogen-bond acceptors (Lipinski definition) is 1. The van der Waals surface area contributed by atoms with Crippen molar-refractivity contribution in [3.05, 3.63) is 6.61 Å². The smallest absolute Gasteiger partial charge is 0.313 e. The maximum Gasteiger partial charge on any atom is 0.448 e. The summed E-state index contributed by atoms with van der Waals surface area (Å²) in [5.74, 6) is 0. The van der Waals surface area contributed by atoms with Gasteiger partial charge in [0.15, 0.2) is 0 Å². The van der Waals surface area contributed by atoms with Gasteiger partial charge in [-0.2, -0.15) is 8.78 Å². The van der Waals surface area contributed by atoms with Gasteiger partial charge in [0.2, 0.25) is 0 Å². The van der Waals surface area contributed by atoms with Crippen molar-refractivity contribution >= 4 is 0 Å². The van der Waals surface area contributed by atoms with Crippen LogP contribution in [0.15, 0.2) is 0 Å². The molecule has 0 aromatic rings. The molecule has 43 valence electrons. The zero-order valence-electron chi connectivity index (χ0n) is 4.08. The molecule has 0 aromatic heterocycles. The fourth-order valence-corrected chi connectivity index (χ4v) is 0.179. The Morgan fingerprint density at radius 1 is 1.57 bits per heavy atom. The van der Waals surface area contributed by atoms with E-state index in [9.17, 15) is 8.78 Å². The first-order valence-corrected chi connectivity index (χ1v) is 2.08. The zero-order chi connectivity index (χ0) is 5.70. The van der Waals surface area contributed by atoms with Crippen LogP contribution in [0, 0.1) is 6.61 Å².